The number of carbonyl (C=O) groups is 1. The third-order valence-electron chi connectivity index (χ3n) is 3.96. The van der Waals surface area contributed by atoms with Crippen LogP contribution in [0.1, 0.15) is 31.9 Å². The number of hydrogen-bond donors (Lipinski definition) is 3. The lowest BCUT2D eigenvalue weighted by Gasteiger charge is -2.19. The molecule has 29 heavy (non-hydrogen) atoms. The summed E-state index contributed by atoms with van der Waals surface area (Å²) in [6.07, 6.45) is 4.93. The predicted molar refractivity (Wildman–Crippen MR) is 117 cm³/mol. The summed E-state index contributed by atoms with van der Waals surface area (Å²) in [5.41, 5.74) is 2.55. The van der Waals surface area contributed by atoms with Gasteiger partial charge >= 0.3 is 6.09 Å². The van der Waals surface area contributed by atoms with E-state index < -0.39 is 11.7 Å². The van der Waals surface area contributed by atoms with E-state index in [-0.39, 0.29) is 0 Å². The standard InChI is InChI=1S/C22H31N5O2/c1-22(2,3)29-21(28)27-19-9-7-17(8-10-19)11-14-25-20(23-4)26-15-12-18-6-5-13-24-16-18/h5-10,13,16H,11-12,14-15H2,1-4H3,(H,27,28)(H2,23,25,26). The minimum atomic E-state index is -0.514. The van der Waals surface area contributed by atoms with Gasteiger partial charge in [-0.05, 0) is 62.9 Å². The number of carbonyl (C=O) groups excluding carboxylic acids is 1. The maximum atomic E-state index is 11.8. The molecule has 0 unspecified atom stereocenters. The molecule has 0 bridgehead atoms. The van der Waals surface area contributed by atoms with Crippen LogP contribution < -0.4 is 16.0 Å². The molecule has 1 aromatic carbocycles. The molecule has 0 fully saturated rings. The number of nitrogens with zero attached hydrogens (tertiary/aromatic N) is 2. The summed E-state index contributed by atoms with van der Waals surface area (Å²) in [5.74, 6) is 0.775. The fraction of sp³-hybridized carbons (Fsp3) is 0.409. The smallest absolute Gasteiger partial charge is 0.412 e. The van der Waals surface area contributed by atoms with E-state index in [0.717, 1.165) is 37.5 Å². The van der Waals surface area contributed by atoms with Crippen LogP contribution in [0.25, 0.3) is 0 Å². The van der Waals surface area contributed by atoms with Crippen LogP contribution in [0.4, 0.5) is 10.5 Å². The number of hydrogen-bond acceptors (Lipinski definition) is 4. The quantitative estimate of drug-likeness (QED) is 0.492. The number of anilines is 1. The Morgan fingerprint density at radius 3 is 2.24 bits per heavy atom. The van der Waals surface area contributed by atoms with E-state index >= 15 is 0 Å². The Hall–Kier alpha value is -3.09. The summed E-state index contributed by atoms with van der Waals surface area (Å²) in [6, 6.07) is 11.7. The maximum absolute atomic E-state index is 11.8. The van der Waals surface area contributed by atoms with Crippen molar-refractivity contribution in [1.29, 1.82) is 0 Å². The number of pyridine rings is 1. The minimum absolute atomic E-state index is 0.451. The van der Waals surface area contributed by atoms with Crippen LogP contribution in [0.3, 0.4) is 0 Å². The number of nitrogens with one attached hydrogen (secondary N) is 3. The number of aromatic nitrogens is 1. The number of guanidine groups is 1. The average molecular weight is 398 g/mol. The van der Waals surface area contributed by atoms with Gasteiger partial charge < -0.3 is 15.4 Å². The molecule has 0 aliphatic heterocycles. The van der Waals surface area contributed by atoms with Crippen LogP contribution in [-0.4, -0.2) is 42.8 Å². The van der Waals surface area contributed by atoms with Crippen molar-refractivity contribution in [3.63, 3.8) is 0 Å². The second kappa shape index (κ2) is 11.0. The molecule has 156 valence electrons. The monoisotopic (exact) mass is 397 g/mol. The number of aliphatic imine (C=N–C) groups is 1. The molecule has 0 aliphatic carbocycles. The predicted octanol–water partition coefficient (Wildman–Crippen LogP) is 3.38. The largest absolute Gasteiger partial charge is 0.444 e. The lowest BCUT2D eigenvalue weighted by atomic mass is 10.1. The fourth-order valence-electron chi connectivity index (χ4n) is 2.59. The molecule has 1 heterocycles. The molecule has 0 saturated carbocycles. The van der Waals surface area contributed by atoms with Crippen LogP contribution in [0, 0.1) is 0 Å². The number of benzene rings is 1. The van der Waals surface area contributed by atoms with Gasteiger partial charge in [0.2, 0.25) is 0 Å². The first-order valence-electron chi connectivity index (χ1n) is 9.78. The van der Waals surface area contributed by atoms with Crippen LogP contribution in [0.2, 0.25) is 0 Å². The molecule has 2 rings (SSSR count). The highest BCUT2D eigenvalue weighted by Crippen LogP contribution is 2.13. The van der Waals surface area contributed by atoms with E-state index in [0.29, 0.717) is 5.69 Å². The van der Waals surface area contributed by atoms with Gasteiger partial charge in [0.25, 0.3) is 0 Å². The van der Waals surface area contributed by atoms with Crippen LogP contribution in [-0.2, 0) is 17.6 Å². The second-order valence-electron chi connectivity index (χ2n) is 7.61. The van der Waals surface area contributed by atoms with Gasteiger partial charge in [0.15, 0.2) is 5.96 Å². The van der Waals surface area contributed by atoms with Gasteiger partial charge in [-0.2, -0.15) is 0 Å². The molecule has 3 N–H and O–H groups in total. The molecule has 7 heteroatoms. The van der Waals surface area contributed by atoms with Crippen molar-refractivity contribution in [3.8, 4) is 0 Å². The Labute approximate surface area is 173 Å². The molecule has 7 nitrogen and oxygen atoms in total. The first-order chi connectivity index (χ1) is 13.9. The lowest BCUT2D eigenvalue weighted by molar-refractivity contribution is 0.0636. The summed E-state index contributed by atoms with van der Waals surface area (Å²) < 4.78 is 5.25. The van der Waals surface area contributed by atoms with E-state index in [1.165, 1.54) is 5.56 Å². The Morgan fingerprint density at radius 1 is 1.03 bits per heavy atom. The first-order valence-corrected chi connectivity index (χ1v) is 9.78. The highest BCUT2D eigenvalue weighted by molar-refractivity contribution is 5.84. The van der Waals surface area contributed by atoms with Gasteiger partial charge in [-0.1, -0.05) is 18.2 Å². The summed E-state index contributed by atoms with van der Waals surface area (Å²) in [7, 11) is 1.76. The molecule has 1 aromatic heterocycles. The van der Waals surface area contributed by atoms with Crippen molar-refractivity contribution >= 4 is 17.7 Å². The van der Waals surface area contributed by atoms with Gasteiger partial charge in [-0.3, -0.25) is 15.3 Å². The van der Waals surface area contributed by atoms with Crippen molar-refractivity contribution < 1.29 is 9.53 Å². The Kier molecular flexibility index (Phi) is 8.45. The number of amides is 1. The SMILES string of the molecule is CN=C(NCCc1ccc(NC(=O)OC(C)(C)C)cc1)NCCc1cccnc1. The zero-order valence-corrected chi connectivity index (χ0v) is 17.7. The maximum Gasteiger partial charge on any atom is 0.412 e. The third kappa shape index (κ3) is 9.10. The van der Waals surface area contributed by atoms with Crippen LogP contribution in [0.5, 0.6) is 0 Å². The lowest BCUT2D eigenvalue weighted by Crippen LogP contribution is -2.39. The van der Waals surface area contributed by atoms with E-state index in [2.05, 4.69) is 32.0 Å². The second-order valence-corrected chi connectivity index (χ2v) is 7.61. The molecule has 0 aliphatic rings. The fourth-order valence-corrected chi connectivity index (χ4v) is 2.59. The van der Waals surface area contributed by atoms with Gasteiger partial charge in [0.05, 0.1) is 0 Å². The van der Waals surface area contributed by atoms with Crippen molar-refractivity contribution in [3.05, 3.63) is 59.9 Å². The summed E-state index contributed by atoms with van der Waals surface area (Å²) in [5, 5.41) is 9.35. The zero-order chi connectivity index (χ0) is 21.1. The minimum Gasteiger partial charge on any atom is -0.444 e. The van der Waals surface area contributed by atoms with Crippen molar-refractivity contribution in [2.24, 2.45) is 4.99 Å². The van der Waals surface area contributed by atoms with E-state index in [1.807, 2.05) is 57.3 Å². The van der Waals surface area contributed by atoms with Gasteiger partial charge in [0.1, 0.15) is 5.60 Å². The zero-order valence-electron chi connectivity index (χ0n) is 17.7. The molecular formula is C22H31N5O2. The van der Waals surface area contributed by atoms with Crippen molar-refractivity contribution in [1.82, 2.24) is 15.6 Å². The first kappa shape index (κ1) is 22.2. The molecule has 0 radical (unpaired) electrons. The average Bonchev–Trinajstić information content (AvgIpc) is 2.67. The van der Waals surface area contributed by atoms with Crippen LogP contribution >= 0.6 is 0 Å². The van der Waals surface area contributed by atoms with Gasteiger partial charge in [-0.15, -0.1) is 0 Å². The molecule has 2 aromatic rings. The topological polar surface area (TPSA) is 87.6 Å². The Balaban J connectivity index is 1.70. The summed E-state index contributed by atoms with van der Waals surface area (Å²) in [4.78, 5) is 20.2. The molecule has 0 atom stereocenters. The molecule has 1 amide bonds. The number of rotatable bonds is 7. The molecule has 0 saturated heterocycles. The molecular weight excluding hydrogens is 366 g/mol. The van der Waals surface area contributed by atoms with Crippen LogP contribution in [0.15, 0.2) is 53.8 Å². The summed E-state index contributed by atoms with van der Waals surface area (Å²) in [6.45, 7) is 7.06. The highest BCUT2D eigenvalue weighted by atomic mass is 16.6. The number of ether oxygens (including phenoxy) is 1. The summed E-state index contributed by atoms with van der Waals surface area (Å²) >= 11 is 0. The van der Waals surface area contributed by atoms with Crippen molar-refractivity contribution in [2.45, 2.75) is 39.2 Å². The van der Waals surface area contributed by atoms with Crippen molar-refractivity contribution in [2.75, 3.05) is 25.5 Å². The van der Waals surface area contributed by atoms with Gasteiger partial charge in [0, 0.05) is 38.2 Å². The Morgan fingerprint density at radius 2 is 1.69 bits per heavy atom. The Bertz CT molecular complexity index is 783. The molecule has 0 spiro atoms. The normalized spacial score (nSPS) is 11.7. The third-order valence-corrected chi connectivity index (χ3v) is 3.96. The van der Waals surface area contributed by atoms with Gasteiger partial charge in [-0.25, -0.2) is 4.79 Å². The van der Waals surface area contributed by atoms with E-state index in [4.69, 9.17) is 4.74 Å². The highest BCUT2D eigenvalue weighted by Gasteiger charge is 2.16. The van der Waals surface area contributed by atoms with E-state index in [9.17, 15) is 4.79 Å². The van der Waals surface area contributed by atoms with E-state index in [1.54, 1.807) is 13.2 Å².